The highest BCUT2D eigenvalue weighted by molar-refractivity contribution is 7.92. The molecule has 0 fully saturated rings. The molecule has 8 heteroatoms. The maximum absolute atomic E-state index is 13.8. The normalized spacial score (nSPS) is 10.9. The molecule has 0 spiro atoms. The van der Waals surface area contributed by atoms with E-state index < -0.39 is 15.9 Å². The Morgan fingerprint density at radius 2 is 1.36 bits per heavy atom. The van der Waals surface area contributed by atoms with Crippen LogP contribution in [0.5, 0.6) is 0 Å². The smallest absolute Gasteiger partial charge is 0.264 e. The van der Waals surface area contributed by atoms with Crippen LogP contribution in [0.4, 0.5) is 11.4 Å². The SMILES string of the molecule is CNC(=O)c1ccc(NC(=O)c2cccc(S(=O)(=O)N(Cc3ccccc3)c3ccccc3)c2)cc1. The molecule has 0 saturated heterocycles. The van der Waals surface area contributed by atoms with Crippen molar-refractivity contribution in [2.75, 3.05) is 16.7 Å². The quantitative estimate of drug-likeness (QED) is 0.368. The van der Waals surface area contributed by atoms with Crippen molar-refractivity contribution in [2.24, 2.45) is 0 Å². The van der Waals surface area contributed by atoms with E-state index in [0.717, 1.165) is 5.56 Å². The monoisotopic (exact) mass is 499 g/mol. The summed E-state index contributed by atoms with van der Waals surface area (Å²) >= 11 is 0. The largest absolute Gasteiger partial charge is 0.355 e. The molecule has 0 aliphatic heterocycles. The third-order valence-corrected chi connectivity index (χ3v) is 7.30. The molecule has 0 radical (unpaired) electrons. The maximum atomic E-state index is 13.8. The van der Waals surface area contributed by atoms with E-state index in [1.165, 1.54) is 23.5 Å². The summed E-state index contributed by atoms with van der Waals surface area (Å²) in [6.45, 7) is 0.140. The van der Waals surface area contributed by atoms with Gasteiger partial charge in [-0.15, -0.1) is 0 Å². The number of benzene rings is 4. The average molecular weight is 500 g/mol. The van der Waals surface area contributed by atoms with Crippen LogP contribution < -0.4 is 14.9 Å². The number of hydrogen-bond acceptors (Lipinski definition) is 4. The third kappa shape index (κ3) is 5.61. The van der Waals surface area contributed by atoms with Crippen LogP contribution in [0.15, 0.2) is 114 Å². The fourth-order valence-corrected chi connectivity index (χ4v) is 5.14. The zero-order valence-corrected chi connectivity index (χ0v) is 20.4. The molecule has 4 aromatic carbocycles. The molecule has 0 aliphatic carbocycles. The molecule has 36 heavy (non-hydrogen) atoms. The van der Waals surface area contributed by atoms with Crippen molar-refractivity contribution in [3.05, 3.63) is 126 Å². The summed E-state index contributed by atoms with van der Waals surface area (Å²) in [7, 11) is -2.45. The molecule has 0 saturated carbocycles. The van der Waals surface area contributed by atoms with Crippen molar-refractivity contribution in [3.8, 4) is 0 Å². The van der Waals surface area contributed by atoms with Crippen LogP contribution in [-0.2, 0) is 16.6 Å². The van der Waals surface area contributed by atoms with E-state index in [-0.39, 0.29) is 22.9 Å². The number of carbonyl (C=O) groups is 2. The molecule has 2 N–H and O–H groups in total. The van der Waals surface area contributed by atoms with Crippen LogP contribution in [0.25, 0.3) is 0 Å². The number of carbonyl (C=O) groups excluding carboxylic acids is 2. The van der Waals surface area contributed by atoms with E-state index in [9.17, 15) is 18.0 Å². The van der Waals surface area contributed by atoms with Gasteiger partial charge < -0.3 is 10.6 Å². The molecule has 0 bridgehead atoms. The number of rotatable bonds is 8. The van der Waals surface area contributed by atoms with Crippen molar-refractivity contribution >= 4 is 33.2 Å². The van der Waals surface area contributed by atoms with Crippen molar-refractivity contribution in [1.29, 1.82) is 0 Å². The van der Waals surface area contributed by atoms with E-state index in [2.05, 4.69) is 10.6 Å². The Morgan fingerprint density at radius 3 is 2.00 bits per heavy atom. The fourth-order valence-electron chi connectivity index (χ4n) is 3.64. The highest BCUT2D eigenvalue weighted by Gasteiger charge is 2.26. The lowest BCUT2D eigenvalue weighted by molar-refractivity contribution is 0.0962. The molecular formula is C28H25N3O4S. The molecular weight excluding hydrogens is 474 g/mol. The van der Waals surface area contributed by atoms with Gasteiger partial charge in [0.2, 0.25) is 0 Å². The highest BCUT2D eigenvalue weighted by Crippen LogP contribution is 2.26. The van der Waals surface area contributed by atoms with Gasteiger partial charge in [0.25, 0.3) is 21.8 Å². The topological polar surface area (TPSA) is 95.6 Å². The molecule has 182 valence electrons. The zero-order chi connectivity index (χ0) is 25.5. The van der Waals surface area contributed by atoms with Gasteiger partial charge in [0, 0.05) is 23.9 Å². The van der Waals surface area contributed by atoms with Crippen molar-refractivity contribution in [1.82, 2.24) is 5.32 Å². The fraction of sp³-hybridized carbons (Fsp3) is 0.0714. The summed E-state index contributed by atoms with van der Waals surface area (Å²) in [5.74, 6) is -0.696. The predicted octanol–water partition coefficient (Wildman–Crippen LogP) is 4.69. The number of amides is 2. The second-order valence-electron chi connectivity index (χ2n) is 7.97. The van der Waals surface area contributed by atoms with Crippen LogP contribution in [0.1, 0.15) is 26.3 Å². The minimum atomic E-state index is -3.99. The highest BCUT2D eigenvalue weighted by atomic mass is 32.2. The number of sulfonamides is 1. The molecule has 7 nitrogen and oxygen atoms in total. The molecule has 0 heterocycles. The summed E-state index contributed by atoms with van der Waals surface area (Å²) in [6, 6.07) is 30.5. The summed E-state index contributed by atoms with van der Waals surface area (Å²) < 4.78 is 28.8. The van der Waals surface area contributed by atoms with Crippen LogP contribution in [0.2, 0.25) is 0 Å². The van der Waals surface area contributed by atoms with E-state index in [4.69, 9.17) is 0 Å². The zero-order valence-electron chi connectivity index (χ0n) is 19.6. The lowest BCUT2D eigenvalue weighted by Gasteiger charge is -2.25. The van der Waals surface area contributed by atoms with Crippen LogP contribution in [0, 0.1) is 0 Å². The molecule has 2 amide bonds. The van der Waals surface area contributed by atoms with E-state index in [0.29, 0.717) is 16.9 Å². The molecule has 0 atom stereocenters. The van der Waals surface area contributed by atoms with Gasteiger partial charge in [-0.25, -0.2) is 8.42 Å². The Balaban J connectivity index is 1.61. The Kier molecular flexibility index (Phi) is 7.46. The Morgan fingerprint density at radius 1 is 0.722 bits per heavy atom. The average Bonchev–Trinajstić information content (AvgIpc) is 2.92. The summed E-state index contributed by atoms with van der Waals surface area (Å²) in [5.41, 5.74) is 2.49. The maximum Gasteiger partial charge on any atom is 0.264 e. The number of hydrogen-bond donors (Lipinski definition) is 2. The molecule has 0 aliphatic rings. The lowest BCUT2D eigenvalue weighted by atomic mass is 10.1. The van der Waals surface area contributed by atoms with E-state index in [1.54, 1.807) is 60.7 Å². The lowest BCUT2D eigenvalue weighted by Crippen LogP contribution is -2.30. The summed E-state index contributed by atoms with van der Waals surface area (Å²) in [6.07, 6.45) is 0. The van der Waals surface area contributed by atoms with Crippen LogP contribution in [0.3, 0.4) is 0 Å². The molecule has 0 aromatic heterocycles. The van der Waals surface area contributed by atoms with Gasteiger partial charge in [0.05, 0.1) is 17.1 Å². The molecule has 0 unspecified atom stereocenters. The first-order chi connectivity index (χ1) is 17.4. The first-order valence-corrected chi connectivity index (χ1v) is 12.7. The van der Waals surface area contributed by atoms with E-state index >= 15 is 0 Å². The second kappa shape index (κ2) is 10.9. The summed E-state index contributed by atoms with van der Waals surface area (Å²) in [4.78, 5) is 24.6. The number of nitrogens with one attached hydrogen (secondary N) is 2. The van der Waals surface area contributed by atoms with Gasteiger partial charge in [-0.05, 0) is 60.2 Å². The third-order valence-electron chi connectivity index (χ3n) is 5.53. The Hall–Kier alpha value is -4.43. The number of nitrogens with zero attached hydrogens (tertiary/aromatic N) is 1. The number of para-hydroxylation sites is 1. The molecule has 4 rings (SSSR count). The van der Waals surface area contributed by atoms with Crippen molar-refractivity contribution in [2.45, 2.75) is 11.4 Å². The Labute approximate surface area is 210 Å². The minimum absolute atomic E-state index is 0.00454. The van der Waals surface area contributed by atoms with Crippen LogP contribution >= 0.6 is 0 Å². The first kappa shape index (κ1) is 24.7. The molecule has 4 aromatic rings. The Bertz CT molecular complexity index is 1460. The minimum Gasteiger partial charge on any atom is -0.355 e. The van der Waals surface area contributed by atoms with Gasteiger partial charge in [0.15, 0.2) is 0 Å². The van der Waals surface area contributed by atoms with Crippen LogP contribution in [-0.4, -0.2) is 27.3 Å². The van der Waals surface area contributed by atoms with Gasteiger partial charge in [0.1, 0.15) is 0 Å². The van der Waals surface area contributed by atoms with Gasteiger partial charge in [-0.3, -0.25) is 13.9 Å². The van der Waals surface area contributed by atoms with Crippen molar-refractivity contribution < 1.29 is 18.0 Å². The van der Waals surface area contributed by atoms with Gasteiger partial charge >= 0.3 is 0 Å². The second-order valence-corrected chi connectivity index (χ2v) is 9.83. The van der Waals surface area contributed by atoms with Crippen molar-refractivity contribution in [3.63, 3.8) is 0 Å². The summed E-state index contributed by atoms with van der Waals surface area (Å²) in [5, 5.41) is 5.28. The van der Waals surface area contributed by atoms with Gasteiger partial charge in [-0.1, -0.05) is 54.6 Å². The standard InChI is InChI=1S/C28H25N3O4S/c1-29-27(32)22-15-17-24(18-16-22)30-28(33)23-11-8-14-26(19-23)36(34,35)31(25-12-6-3-7-13-25)20-21-9-4-2-5-10-21/h2-19H,20H2,1H3,(H,29,32)(H,30,33). The predicted molar refractivity (Wildman–Crippen MR) is 140 cm³/mol. The van der Waals surface area contributed by atoms with Gasteiger partial charge in [-0.2, -0.15) is 0 Å². The first-order valence-electron chi connectivity index (χ1n) is 11.2. The number of anilines is 2. The van der Waals surface area contributed by atoms with E-state index in [1.807, 2.05) is 36.4 Å².